The zero-order chi connectivity index (χ0) is 18.8. The molecule has 4 heterocycles. The molecule has 2 aromatic heterocycles. The Morgan fingerprint density at radius 1 is 1.30 bits per heavy atom. The van der Waals surface area contributed by atoms with E-state index in [9.17, 15) is 4.79 Å². The Labute approximate surface area is 160 Å². The number of amides is 1. The predicted octanol–water partition coefficient (Wildman–Crippen LogP) is 2.06. The van der Waals surface area contributed by atoms with E-state index in [1.54, 1.807) is 6.20 Å². The molecule has 4 rings (SSSR count). The Balaban J connectivity index is 1.39. The lowest BCUT2D eigenvalue weighted by atomic mass is 10.1. The van der Waals surface area contributed by atoms with Crippen molar-refractivity contribution in [3.8, 4) is 0 Å². The third kappa shape index (κ3) is 3.98. The van der Waals surface area contributed by atoms with Gasteiger partial charge in [-0.15, -0.1) is 0 Å². The number of hydrogen-bond donors (Lipinski definition) is 1. The van der Waals surface area contributed by atoms with E-state index in [4.69, 9.17) is 0 Å². The number of aromatic amines is 1. The fraction of sp³-hybridized carbons (Fsp3) is 0.550. The lowest BCUT2D eigenvalue weighted by Gasteiger charge is -2.17. The Kier molecular flexibility index (Phi) is 5.11. The molecule has 2 aromatic rings. The Bertz CT molecular complexity index is 792. The zero-order valence-electron chi connectivity index (χ0n) is 16.2. The number of carbonyl (C=O) groups is 1. The fourth-order valence-corrected chi connectivity index (χ4v) is 3.92. The summed E-state index contributed by atoms with van der Waals surface area (Å²) in [6.07, 6.45) is 7.85. The van der Waals surface area contributed by atoms with Crippen LogP contribution in [-0.2, 0) is 13.0 Å². The average molecular weight is 368 g/mol. The van der Waals surface area contributed by atoms with Crippen LogP contribution in [0.25, 0.3) is 0 Å². The van der Waals surface area contributed by atoms with E-state index in [-0.39, 0.29) is 5.91 Å². The molecule has 1 saturated heterocycles. The Morgan fingerprint density at radius 3 is 2.96 bits per heavy atom. The summed E-state index contributed by atoms with van der Waals surface area (Å²) in [5, 5.41) is 7.05. The summed E-state index contributed by atoms with van der Waals surface area (Å²) < 4.78 is 2.16. The Hall–Kier alpha value is -2.41. The number of likely N-dealkylation sites (tertiary alicyclic amines) is 1. The largest absolute Gasteiger partial charge is 0.337 e. The van der Waals surface area contributed by atoms with E-state index >= 15 is 0 Å². The molecule has 1 N–H and O–H groups in total. The number of rotatable bonds is 4. The van der Waals surface area contributed by atoms with Crippen LogP contribution < -0.4 is 0 Å². The normalized spacial score (nSPS) is 20.4. The molecule has 144 valence electrons. The number of allylic oxidation sites excluding steroid dienone is 1. The van der Waals surface area contributed by atoms with Crippen LogP contribution in [0.1, 0.15) is 48.2 Å². The van der Waals surface area contributed by atoms with Crippen molar-refractivity contribution in [2.75, 3.05) is 32.7 Å². The summed E-state index contributed by atoms with van der Waals surface area (Å²) in [5.74, 6) is 1.43. The minimum atomic E-state index is 0.0546. The smallest absolute Gasteiger partial charge is 0.274 e. The van der Waals surface area contributed by atoms with Crippen LogP contribution in [0.2, 0.25) is 0 Å². The van der Waals surface area contributed by atoms with Crippen molar-refractivity contribution < 1.29 is 4.79 Å². The fourth-order valence-electron chi connectivity index (χ4n) is 3.92. The summed E-state index contributed by atoms with van der Waals surface area (Å²) >= 11 is 0. The number of nitrogens with one attached hydrogen (secondary N) is 1. The highest BCUT2D eigenvalue weighted by Crippen LogP contribution is 2.26. The molecule has 0 aliphatic carbocycles. The van der Waals surface area contributed by atoms with Crippen LogP contribution in [-0.4, -0.2) is 68.2 Å². The molecule has 2 aliphatic heterocycles. The van der Waals surface area contributed by atoms with E-state index in [1.807, 2.05) is 17.2 Å². The predicted molar refractivity (Wildman–Crippen MR) is 104 cm³/mol. The molecular weight excluding hydrogens is 340 g/mol. The number of imidazole rings is 1. The molecule has 1 amide bonds. The van der Waals surface area contributed by atoms with Gasteiger partial charge in [0.05, 0.1) is 0 Å². The minimum absolute atomic E-state index is 0.0546. The molecule has 7 heteroatoms. The SMILES string of the molecule is CC(C)=CCN1CCc2nc(C(=O)N3CCC(c4ccn[nH]4)C3)cn2CC1. The van der Waals surface area contributed by atoms with Crippen LogP contribution in [0.5, 0.6) is 0 Å². The molecule has 1 fully saturated rings. The van der Waals surface area contributed by atoms with Gasteiger partial charge < -0.3 is 9.47 Å². The van der Waals surface area contributed by atoms with Gasteiger partial charge in [0.2, 0.25) is 0 Å². The molecular formula is C20H28N6O. The highest BCUT2D eigenvalue weighted by molar-refractivity contribution is 5.92. The van der Waals surface area contributed by atoms with Crippen molar-refractivity contribution in [1.82, 2.24) is 29.5 Å². The maximum Gasteiger partial charge on any atom is 0.274 e. The second kappa shape index (κ2) is 7.68. The van der Waals surface area contributed by atoms with Crippen molar-refractivity contribution in [2.45, 2.75) is 39.2 Å². The summed E-state index contributed by atoms with van der Waals surface area (Å²) in [6, 6.07) is 2.00. The van der Waals surface area contributed by atoms with E-state index in [0.717, 1.165) is 63.6 Å². The van der Waals surface area contributed by atoms with Gasteiger partial charge in [0.1, 0.15) is 11.5 Å². The van der Waals surface area contributed by atoms with Crippen LogP contribution >= 0.6 is 0 Å². The van der Waals surface area contributed by atoms with Crippen molar-refractivity contribution in [1.29, 1.82) is 0 Å². The zero-order valence-corrected chi connectivity index (χ0v) is 16.2. The summed E-state index contributed by atoms with van der Waals surface area (Å²) in [7, 11) is 0. The monoisotopic (exact) mass is 368 g/mol. The van der Waals surface area contributed by atoms with Gasteiger partial charge in [-0.2, -0.15) is 5.10 Å². The molecule has 7 nitrogen and oxygen atoms in total. The van der Waals surface area contributed by atoms with Gasteiger partial charge in [0.15, 0.2) is 0 Å². The van der Waals surface area contributed by atoms with E-state index in [2.05, 4.69) is 44.6 Å². The molecule has 0 radical (unpaired) electrons. The topological polar surface area (TPSA) is 70.1 Å². The maximum absolute atomic E-state index is 12.9. The first-order valence-electron chi connectivity index (χ1n) is 9.80. The van der Waals surface area contributed by atoms with Crippen molar-refractivity contribution >= 4 is 5.91 Å². The van der Waals surface area contributed by atoms with Crippen molar-refractivity contribution in [2.24, 2.45) is 0 Å². The third-order valence-corrected chi connectivity index (χ3v) is 5.58. The van der Waals surface area contributed by atoms with Crippen LogP contribution in [0.4, 0.5) is 0 Å². The molecule has 0 aromatic carbocycles. The lowest BCUT2D eigenvalue weighted by Crippen LogP contribution is -2.29. The number of hydrogen-bond acceptors (Lipinski definition) is 4. The van der Waals surface area contributed by atoms with Crippen LogP contribution in [0.15, 0.2) is 30.1 Å². The summed E-state index contributed by atoms with van der Waals surface area (Å²) in [5.41, 5.74) is 3.05. The molecule has 1 atom stereocenters. The van der Waals surface area contributed by atoms with Gasteiger partial charge in [-0.1, -0.05) is 11.6 Å². The molecule has 27 heavy (non-hydrogen) atoms. The number of aromatic nitrogens is 4. The highest BCUT2D eigenvalue weighted by atomic mass is 16.2. The standard InChI is InChI=1S/C20H28N6O/c1-15(2)4-8-24-9-6-19-22-18(14-25(19)12-11-24)20(27)26-10-5-16(13-26)17-3-7-21-23-17/h3-4,7,14,16H,5-6,8-13H2,1-2H3,(H,21,23). The molecule has 0 bridgehead atoms. The van der Waals surface area contributed by atoms with Crippen LogP contribution in [0, 0.1) is 0 Å². The summed E-state index contributed by atoms with van der Waals surface area (Å²) in [4.78, 5) is 22.0. The minimum Gasteiger partial charge on any atom is -0.337 e. The van der Waals surface area contributed by atoms with Gasteiger partial charge >= 0.3 is 0 Å². The molecule has 0 saturated carbocycles. The van der Waals surface area contributed by atoms with Gasteiger partial charge in [-0.3, -0.25) is 14.8 Å². The first-order valence-corrected chi connectivity index (χ1v) is 9.80. The maximum atomic E-state index is 12.9. The quantitative estimate of drug-likeness (QED) is 0.839. The second-order valence-electron chi connectivity index (χ2n) is 7.82. The highest BCUT2D eigenvalue weighted by Gasteiger charge is 2.30. The van der Waals surface area contributed by atoms with Crippen LogP contribution in [0.3, 0.4) is 0 Å². The number of nitrogens with zero attached hydrogens (tertiary/aromatic N) is 5. The summed E-state index contributed by atoms with van der Waals surface area (Å²) in [6.45, 7) is 9.64. The van der Waals surface area contributed by atoms with E-state index < -0.39 is 0 Å². The number of carbonyl (C=O) groups excluding carboxylic acids is 1. The van der Waals surface area contributed by atoms with Gasteiger partial charge in [-0.05, 0) is 26.3 Å². The number of fused-ring (bicyclic) bond motifs is 1. The van der Waals surface area contributed by atoms with E-state index in [1.165, 1.54) is 5.57 Å². The molecule has 0 spiro atoms. The average Bonchev–Trinajstić information content (AvgIpc) is 3.39. The van der Waals surface area contributed by atoms with Crippen molar-refractivity contribution in [3.63, 3.8) is 0 Å². The second-order valence-corrected chi connectivity index (χ2v) is 7.82. The molecule has 1 unspecified atom stereocenters. The first-order chi connectivity index (χ1) is 13.1. The first kappa shape index (κ1) is 18.0. The molecule has 2 aliphatic rings. The van der Waals surface area contributed by atoms with Crippen molar-refractivity contribution in [3.05, 3.63) is 47.3 Å². The Morgan fingerprint density at radius 2 is 2.19 bits per heavy atom. The lowest BCUT2D eigenvalue weighted by molar-refractivity contribution is 0.0785. The van der Waals surface area contributed by atoms with Gasteiger partial charge in [0, 0.05) is 69.7 Å². The number of H-pyrrole nitrogens is 1. The van der Waals surface area contributed by atoms with E-state index in [0.29, 0.717) is 11.6 Å². The third-order valence-electron chi connectivity index (χ3n) is 5.58. The van der Waals surface area contributed by atoms with Gasteiger partial charge in [0.25, 0.3) is 5.91 Å². The van der Waals surface area contributed by atoms with Gasteiger partial charge in [-0.25, -0.2) is 4.98 Å².